The zero-order valence-electron chi connectivity index (χ0n) is 10.4. The third-order valence-corrected chi connectivity index (χ3v) is 3.05. The summed E-state index contributed by atoms with van der Waals surface area (Å²) in [5, 5.41) is 0.923. The Morgan fingerprint density at radius 3 is 2.47 bits per heavy atom. The maximum atomic E-state index is 11.6. The standard InChI is InChI=1S/C16H12O3/c1-18-12-8-6-11(7-9-12)14-10-16(17)19-15-5-3-2-4-13(14)15/h2-10H,1H3. The summed E-state index contributed by atoms with van der Waals surface area (Å²) in [5.74, 6) is 0.788. The first kappa shape index (κ1) is 11.5. The molecular weight excluding hydrogens is 240 g/mol. The monoisotopic (exact) mass is 252 g/mol. The average molecular weight is 252 g/mol. The van der Waals surface area contributed by atoms with Crippen molar-refractivity contribution in [3.05, 3.63) is 65.0 Å². The van der Waals surface area contributed by atoms with Gasteiger partial charge >= 0.3 is 5.63 Å². The molecule has 0 bridgehead atoms. The van der Waals surface area contributed by atoms with Crippen molar-refractivity contribution in [2.75, 3.05) is 7.11 Å². The van der Waals surface area contributed by atoms with E-state index < -0.39 is 0 Å². The number of hydrogen-bond donors (Lipinski definition) is 0. The Balaban J connectivity index is 2.25. The maximum Gasteiger partial charge on any atom is 0.336 e. The van der Waals surface area contributed by atoms with Gasteiger partial charge in [0, 0.05) is 11.5 Å². The first-order chi connectivity index (χ1) is 9.28. The van der Waals surface area contributed by atoms with Crippen molar-refractivity contribution in [2.24, 2.45) is 0 Å². The van der Waals surface area contributed by atoms with Gasteiger partial charge < -0.3 is 9.15 Å². The first-order valence-corrected chi connectivity index (χ1v) is 5.95. The van der Waals surface area contributed by atoms with Gasteiger partial charge in [0.05, 0.1) is 7.11 Å². The SMILES string of the molecule is COc1ccc(-c2cc(=O)oc3ccccc23)cc1. The van der Waals surface area contributed by atoms with Crippen LogP contribution in [0, 0.1) is 0 Å². The molecule has 0 radical (unpaired) electrons. The fourth-order valence-electron chi connectivity index (χ4n) is 2.12. The minimum absolute atomic E-state index is 0.343. The van der Waals surface area contributed by atoms with Crippen molar-refractivity contribution in [1.82, 2.24) is 0 Å². The van der Waals surface area contributed by atoms with Crippen LogP contribution in [0.4, 0.5) is 0 Å². The Morgan fingerprint density at radius 2 is 1.74 bits per heavy atom. The molecule has 0 atom stereocenters. The van der Waals surface area contributed by atoms with Crippen molar-refractivity contribution < 1.29 is 9.15 Å². The molecule has 0 unspecified atom stereocenters. The van der Waals surface area contributed by atoms with E-state index in [1.54, 1.807) is 13.2 Å². The molecule has 0 saturated carbocycles. The number of methoxy groups -OCH3 is 1. The molecule has 3 aromatic rings. The second kappa shape index (κ2) is 4.61. The predicted molar refractivity (Wildman–Crippen MR) is 74.5 cm³/mol. The largest absolute Gasteiger partial charge is 0.497 e. The van der Waals surface area contributed by atoms with E-state index in [1.807, 2.05) is 42.5 Å². The van der Waals surface area contributed by atoms with Crippen LogP contribution in [-0.2, 0) is 0 Å². The summed E-state index contributed by atoms with van der Waals surface area (Å²) in [6, 6.07) is 16.6. The van der Waals surface area contributed by atoms with E-state index >= 15 is 0 Å². The van der Waals surface area contributed by atoms with Gasteiger partial charge in [-0.15, -0.1) is 0 Å². The highest BCUT2D eigenvalue weighted by molar-refractivity contribution is 5.93. The van der Waals surface area contributed by atoms with E-state index in [9.17, 15) is 4.79 Å². The summed E-state index contributed by atoms with van der Waals surface area (Å²) in [7, 11) is 1.63. The summed E-state index contributed by atoms with van der Waals surface area (Å²) in [5.41, 5.74) is 2.09. The van der Waals surface area contributed by atoms with E-state index in [2.05, 4.69) is 0 Å². The second-order valence-electron chi connectivity index (χ2n) is 4.20. The van der Waals surface area contributed by atoms with E-state index in [4.69, 9.17) is 9.15 Å². The Bertz CT molecular complexity index is 770. The maximum absolute atomic E-state index is 11.6. The van der Waals surface area contributed by atoms with Crippen LogP contribution in [0.5, 0.6) is 5.75 Å². The summed E-state index contributed by atoms with van der Waals surface area (Å²) in [4.78, 5) is 11.6. The molecule has 0 spiro atoms. The van der Waals surface area contributed by atoms with Gasteiger partial charge in [0.25, 0.3) is 0 Å². The molecule has 0 saturated heterocycles. The number of fused-ring (bicyclic) bond motifs is 1. The minimum atomic E-state index is -0.343. The van der Waals surface area contributed by atoms with Crippen molar-refractivity contribution in [3.8, 4) is 16.9 Å². The quantitative estimate of drug-likeness (QED) is 0.655. The fraction of sp³-hybridized carbons (Fsp3) is 0.0625. The Labute approximate surface area is 110 Å². The molecule has 0 N–H and O–H groups in total. The molecule has 0 aliphatic carbocycles. The van der Waals surface area contributed by atoms with E-state index in [0.717, 1.165) is 22.3 Å². The number of hydrogen-bond acceptors (Lipinski definition) is 3. The predicted octanol–water partition coefficient (Wildman–Crippen LogP) is 3.47. The lowest BCUT2D eigenvalue weighted by Crippen LogP contribution is -1.97. The molecule has 0 fully saturated rings. The molecular formula is C16H12O3. The van der Waals surface area contributed by atoms with Crippen LogP contribution in [0.2, 0.25) is 0 Å². The Hall–Kier alpha value is -2.55. The molecule has 3 rings (SSSR count). The van der Waals surface area contributed by atoms with Gasteiger partial charge in [-0.05, 0) is 29.3 Å². The summed E-state index contributed by atoms with van der Waals surface area (Å²) >= 11 is 0. The molecule has 3 heteroatoms. The highest BCUT2D eigenvalue weighted by Crippen LogP contribution is 2.28. The lowest BCUT2D eigenvalue weighted by molar-refractivity contribution is 0.415. The average Bonchev–Trinajstić information content (AvgIpc) is 2.46. The molecule has 0 aliphatic rings. The van der Waals surface area contributed by atoms with Gasteiger partial charge in [0.2, 0.25) is 0 Å². The Morgan fingerprint density at radius 1 is 1.00 bits per heavy atom. The third-order valence-electron chi connectivity index (χ3n) is 3.05. The van der Waals surface area contributed by atoms with E-state index in [-0.39, 0.29) is 5.63 Å². The topological polar surface area (TPSA) is 39.4 Å². The van der Waals surface area contributed by atoms with Gasteiger partial charge in [-0.25, -0.2) is 4.79 Å². The molecule has 1 heterocycles. The fourth-order valence-corrected chi connectivity index (χ4v) is 2.12. The van der Waals surface area contributed by atoms with Crippen LogP contribution in [0.25, 0.3) is 22.1 Å². The van der Waals surface area contributed by atoms with Crippen LogP contribution >= 0.6 is 0 Å². The van der Waals surface area contributed by atoms with Gasteiger partial charge in [0.1, 0.15) is 11.3 Å². The summed E-state index contributed by atoms with van der Waals surface area (Å²) < 4.78 is 10.3. The van der Waals surface area contributed by atoms with Crippen LogP contribution < -0.4 is 10.4 Å². The van der Waals surface area contributed by atoms with Crippen LogP contribution in [0.1, 0.15) is 0 Å². The van der Waals surface area contributed by atoms with E-state index in [1.165, 1.54) is 6.07 Å². The normalized spacial score (nSPS) is 10.6. The van der Waals surface area contributed by atoms with Crippen molar-refractivity contribution in [3.63, 3.8) is 0 Å². The van der Waals surface area contributed by atoms with Crippen molar-refractivity contribution >= 4 is 11.0 Å². The molecule has 2 aromatic carbocycles. The lowest BCUT2D eigenvalue weighted by atomic mass is 10.0. The molecule has 94 valence electrons. The number of para-hydroxylation sites is 1. The lowest BCUT2D eigenvalue weighted by Gasteiger charge is -2.06. The smallest absolute Gasteiger partial charge is 0.336 e. The van der Waals surface area contributed by atoms with E-state index in [0.29, 0.717) is 5.58 Å². The van der Waals surface area contributed by atoms with Gasteiger partial charge in [0.15, 0.2) is 0 Å². The zero-order chi connectivity index (χ0) is 13.2. The molecule has 0 amide bonds. The van der Waals surface area contributed by atoms with Crippen molar-refractivity contribution in [1.29, 1.82) is 0 Å². The highest BCUT2D eigenvalue weighted by Gasteiger charge is 2.07. The molecule has 0 aliphatic heterocycles. The van der Waals surface area contributed by atoms with Crippen molar-refractivity contribution in [2.45, 2.75) is 0 Å². The van der Waals surface area contributed by atoms with Gasteiger partial charge in [-0.2, -0.15) is 0 Å². The van der Waals surface area contributed by atoms with Crippen LogP contribution in [0.3, 0.4) is 0 Å². The van der Waals surface area contributed by atoms with Crippen LogP contribution in [-0.4, -0.2) is 7.11 Å². The van der Waals surface area contributed by atoms with Crippen LogP contribution in [0.15, 0.2) is 63.8 Å². The first-order valence-electron chi connectivity index (χ1n) is 5.95. The van der Waals surface area contributed by atoms with Gasteiger partial charge in [-0.3, -0.25) is 0 Å². The summed E-state index contributed by atoms with van der Waals surface area (Å²) in [6.07, 6.45) is 0. The zero-order valence-corrected chi connectivity index (χ0v) is 10.4. The third kappa shape index (κ3) is 2.10. The number of benzene rings is 2. The second-order valence-corrected chi connectivity index (χ2v) is 4.20. The highest BCUT2D eigenvalue weighted by atomic mass is 16.5. The Kier molecular flexibility index (Phi) is 2.80. The number of ether oxygens (including phenoxy) is 1. The molecule has 3 nitrogen and oxygen atoms in total. The molecule has 19 heavy (non-hydrogen) atoms. The summed E-state index contributed by atoms with van der Waals surface area (Å²) in [6.45, 7) is 0. The molecule has 1 aromatic heterocycles. The van der Waals surface area contributed by atoms with Gasteiger partial charge in [-0.1, -0.05) is 30.3 Å². The number of rotatable bonds is 2. The minimum Gasteiger partial charge on any atom is -0.497 e.